The zero-order valence-corrected chi connectivity index (χ0v) is 14.7. The van der Waals surface area contributed by atoms with Crippen molar-refractivity contribution in [3.8, 4) is 0 Å². The fraction of sp³-hybridized carbons (Fsp3) is 0.529. The number of ether oxygens (including phenoxy) is 1. The predicted molar refractivity (Wildman–Crippen MR) is 92.9 cm³/mol. The lowest BCUT2D eigenvalue weighted by molar-refractivity contribution is -0.152. The van der Waals surface area contributed by atoms with Crippen LogP contribution in [0.2, 0.25) is 0 Å². The highest BCUT2D eigenvalue weighted by atomic mass is 35.5. The van der Waals surface area contributed by atoms with Gasteiger partial charge in [0.1, 0.15) is 5.54 Å². The molecule has 23 heavy (non-hydrogen) atoms. The van der Waals surface area contributed by atoms with Gasteiger partial charge in [-0.25, -0.2) is 4.79 Å². The molecule has 0 aromatic heterocycles. The molecule has 0 aliphatic carbocycles. The van der Waals surface area contributed by atoms with E-state index in [0.717, 1.165) is 5.69 Å². The first-order valence-corrected chi connectivity index (χ1v) is 7.75. The maximum Gasteiger partial charge on any atom is 0.332 e. The fourth-order valence-electron chi connectivity index (χ4n) is 3.25. The number of hydrogen-bond acceptors (Lipinski definition) is 4. The summed E-state index contributed by atoms with van der Waals surface area (Å²) in [5.74, 6) is -0.443. The van der Waals surface area contributed by atoms with Gasteiger partial charge < -0.3 is 10.1 Å². The van der Waals surface area contributed by atoms with Gasteiger partial charge in [0.2, 0.25) is 5.91 Å². The van der Waals surface area contributed by atoms with Crippen molar-refractivity contribution in [3.63, 3.8) is 0 Å². The van der Waals surface area contributed by atoms with Crippen LogP contribution in [0, 0.1) is 5.92 Å². The lowest BCUT2D eigenvalue weighted by Gasteiger charge is -2.48. The highest BCUT2D eigenvalue weighted by Crippen LogP contribution is 2.36. The summed E-state index contributed by atoms with van der Waals surface area (Å²) >= 11 is 0. The van der Waals surface area contributed by atoms with Crippen LogP contribution in [-0.2, 0) is 14.3 Å². The Hall–Kier alpha value is -1.59. The third-order valence-corrected chi connectivity index (χ3v) is 4.45. The number of hydrogen-bond donors (Lipinski definition) is 1. The van der Waals surface area contributed by atoms with Gasteiger partial charge in [0.25, 0.3) is 0 Å². The lowest BCUT2D eigenvalue weighted by atomic mass is 9.77. The molecular weight excluding hydrogens is 316 g/mol. The Morgan fingerprint density at radius 3 is 2.52 bits per heavy atom. The number of nitrogens with zero attached hydrogens (tertiary/aromatic N) is 1. The van der Waals surface area contributed by atoms with Crippen molar-refractivity contribution in [2.75, 3.05) is 25.1 Å². The number of benzene rings is 1. The van der Waals surface area contributed by atoms with Gasteiger partial charge in [-0.2, -0.15) is 0 Å². The van der Waals surface area contributed by atoms with Gasteiger partial charge in [-0.05, 0) is 25.1 Å². The van der Waals surface area contributed by atoms with Crippen LogP contribution in [0.5, 0.6) is 0 Å². The van der Waals surface area contributed by atoms with Crippen LogP contribution in [0.25, 0.3) is 0 Å². The van der Waals surface area contributed by atoms with Crippen molar-refractivity contribution in [3.05, 3.63) is 30.3 Å². The topological polar surface area (TPSA) is 58.6 Å². The molecule has 1 N–H and O–H groups in total. The Labute approximate surface area is 143 Å². The molecule has 1 heterocycles. The normalized spacial score (nSPS) is 23.5. The monoisotopic (exact) mass is 340 g/mol. The molecular formula is C17H25ClN2O3. The molecule has 0 spiro atoms. The first-order valence-electron chi connectivity index (χ1n) is 7.75. The molecule has 2 atom stereocenters. The summed E-state index contributed by atoms with van der Waals surface area (Å²) in [6, 6.07) is 9.39. The van der Waals surface area contributed by atoms with Crippen LogP contribution < -0.4 is 10.2 Å². The Balaban J connectivity index is 0.00000264. The number of rotatable bonds is 4. The Kier molecular flexibility index (Phi) is 7.03. The summed E-state index contributed by atoms with van der Waals surface area (Å²) in [5.41, 5.74) is -0.206. The number of anilines is 1. The van der Waals surface area contributed by atoms with Gasteiger partial charge in [-0.15, -0.1) is 12.4 Å². The number of nitrogens with one attached hydrogen (secondary N) is 1. The molecule has 0 bridgehead atoms. The summed E-state index contributed by atoms with van der Waals surface area (Å²) in [5, 5.41) is 3.29. The summed E-state index contributed by atoms with van der Waals surface area (Å²) < 4.78 is 5.10. The van der Waals surface area contributed by atoms with Crippen LogP contribution in [0.4, 0.5) is 5.69 Å². The molecule has 1 aliphatic rings. The van der Waals surface area contributed by atoms with E-state index in [4.69, 9.17) is 4.74 Å². The Morgan fingerprint density at radius 1 is 1.35 bits per heavy atom. The zero-order chi connectivity index (χ0) is 16.2. The standard InChI is InChI=1S/C17H24N2O3.ClH/c1-4-15(20)19(14-8-6-5-7-9-14)17(16(21)22-3)10-11-18-12-13(17)2;/h5-9,13,18H,4,10-12H2,1-3H3;1H/t13-,17+;/m0./s1. The Morgan fingerprint density at radius 2 is 2.00 bits per heavy atom. The number of carbonyl (C=O) groups is 2. The maximum atomic E-state index is 12.7. The van der Waals surface area contributed by atoms with Gasteiger partial charge >= 0.3 is 5.97 Å². The SMILES string of the molecule is CCC(=O)N(c1ccccc1)[C@]1(C(=O)OC)CCNC[C@@H]1C.Cl. The third kappa shape index (κ3) is 3.51. The summed E-state index contributed by atoms with van der Waals surface area (Å²) in [4.78, 5) is 27.0. The number of halogens is 1. The second kappa shape index (κ2) is 8.31. The predicted octanol–water partition coefficient (Wildman–Crippen LogP) is 2.39. The van der Waals surface area contributed by atoms with E-state index >= 15 is 0 Å². The second-order valence-corrected chi connectivity index (χ2v) is 5.69. The highest BCUT2D eigenvalue weighted by Gasteiger charge is 2.52. The van der Waals surface area contributed by atoms with E-state index in [1.165, 1.54) is 7.11 Å². The smallest absolute Gasteiger partial charge is 0.332 e. The molecule has 1 aromatic carbocycles. The second-order valence-electron chi connectivity index (χ2n) is 5.69. The summed E-state index contributed by atoms with van der Waals surface area (Å²) in [7, 11) is 1.39. The molecule has 1 fully saturated rings. The van der Waals surface area contributed by atoms with Crippen molar-refractivity contribution in [2.24, 2.45) is 5.92 Å². The van der Waals surface area contributed by atoms with Crippen molar-refractivity contribution < 1.29 is 14.3 Å². The van der Waals surface area contributed by atoms with E-state index in [9.17, 15) is 9.59 Å². The van der Waals surface area contributed by atoms with Crippen molar-refractivity contribution >= 4 is 30.0 Å². The van der Waals surface area contributed by atoms with E-state index in [0.29, 0.717) is 25.9 Å². The van der Waals surface area contributed by atoms with E-state index < -0.39 is 5.54 Å². The minimum absolute atomic E-state index is 0. The number of esters is 1. The first-order chi connectivity index (χ1) is 10.6. The van der Waals surface area contributed by atoms with E-state index in [-0.39, 0.29) is 30.2 Å². The molecule has 6 heteroatoms. The van der Waals surface area contributed by atoms with Crippen LogP contribution in [0.15, 0.2) is 30.3 Å². The van der Waals surface area contributed by atoms with Crippen molar-refractivity contribution in [1.82, 2.24) is 5.32 Å². The summed E-state index contributed by atoms with van der Waals surface area (Å²) in [6.07, 6.45) is 0.884. The number of methoxy groups -OCH3 is 1. The molecule has 1 aromatic rings. The Bertz CT molecular complexity index is 538. The van der Waals surface area contributed by atoms with E-state index in [1.807, 2.05) is 44.2 Å². The van der Waals surface area contributed by atoms with Crippen LogP contribution in [0.1, 0.15) is 26.7 Å². The highest BCUT2D eigenvalue weighted by molar-refractivity contribution is 6.02. The van der Waals surface area contributed by atoms with Crippen molar-refractivity contribution in [1.29, 1.82) is 0 Å². The molecule has 128 valence electrons. The molecule has 2 rings (SSSR count). The zero-order valence-electron chi connectivity index (χ0n) is 13.9. The maximum absolute atomic E-state index is 12.7. The number of para-hydroxylation sites is 1. The third-order valence-electron chi connectivity index (χ3n) is 4.45. The quantitative estimate of drug-likeness (QED) is 0.855. The van der Waals surface area contributed by atoms with Gasteiger partial charge in [0, 0.05) is 24.6 Å². The van der Waals surface area contributed by atoms with E-state index in [1.54, 1.807) is 4.90 Å². The minimum Gasteiger partial charge on any atom is -0.467 e. The molecule has 1 aliphatic heterocycles. The molecule has 0 unspecified atom stereocenters. The number of piperidine rings is 1. The molecule has 0 saturated carbocycles. The molecule has 0 radical (unpaired) electrons. The van der Waals surface area contributed by atoms with Crippen molar-refractivity contribution in [2.45, 2.75) is 32.2 Å². The average molecular weight is 341 g/mol. The fourth-order valence-corrected chi connectivity index (χ4v) is 3.25. The van der Waals surface area contributed by atoms with Gasteiger partial charge in [-0.1, -0.05) is 32.0 Å². The first kappa shape index (κ1) is 19.5. The van der Waals surface area contributed by atoms with Gasteiger partial charge in [0.05, 0.1) is 7.11 Å². The minimum atomic E-state index is -0.950. The summed E-state index contributed by atoms with van der Waals surface area (Å²) in [6.45, 7) is 5.16. The van der Waals surface area contributed by atoms with Crippen LogP contribution >= 0.6 is 12.4 Å². The number of carbonyl (C=O) groups excluding carboxylic acids is 2. The van der Waals surface area contributed by atoms with Crippen LogP contribution in [-0.4, -0.2) is 37.6 Å². The molecule has 1 amide bonds. The van der Waals surface area contributed by atoms with E-state index in [2.05, 4.69) is 5.32 Å². The largest absolute Gasteiger partial charge is 0.467 e. The molecule has 5 nitrogen and oxygen atoms in total. The number of amides is 1. The van der Waals surface area contributed by atoms with Crippen LogP contribution in [0.3, 0.4) is 0 Å². The lowest BCUT2D eigenvalue weighted by Crippen LogP contribution is -2.66. The van der Waals surface area contributed by atoms with Gasteiger partial charge in [0.15, 0.2) is 0 Å². The average Bonchev–Trinajstić information content (AvgIpc) is 2.56. The molecule has 1 saturated heterocycles. The van der Waals surface area contributed by atoms with Gasteiger partial charge in [-0.3, -0.25) is 9.69 Å².